The number of aromatic hydroxyl groups is 1. The second kappa shape index (κ2) is 12.0. The molecule has 216 valence electrons. The highest BCUT2D eigenvalue weighted by Crippen LogP contribution is 2.53. The Kier molecular flexibility index (Phi) is 8.85. The van der Waals surface area contributed by atoms with Gasteiger partial charge in [-0.15, -0.1) is 0 Å². The van der Waals surface area contributed by atoms with Crippen LogP contribution in [0.5, 0.6) is 11.5 Å². The van der Waals surface area contributed by atoms with Crippen LogP contribution in [0.2, 0.25) is 0 Å². The van der Waals surface area contributed by atoms with Gasteiger partial charge in [0.25, 0.3) is 0 Å². The Bertz CT molecular complexity index is 1260. The van der Waals surface area contributed by atoms with Gasteiger partial charge in [-0.25, -0.2) is 4.79 Å². The van der Waals surface area contributed by atoms with Gasteiger partial charge in [0.1, 0.15) is 29.8 Å². The van der Waals surface area contributed by atoms with E-state index in [1.807, 2.05) is 26.8 Å². The van der Waals surface area contributed by atoms with Crippen molar-refractivity contribution >= 4 is 23.3 Å². The molecule has 0 unspecified atom stereocenters. The van der Waals surface area contributed by atoms with E-state index in [0.29, 0.717) is 24.2 Å². The summed E-state index contributed by atoms with van der Waals surface area (Å²) in [6.07, 6.45) is 5.73. The molecule has 3 heterocycles. The first-order valence-corrected chi connectivity index (χ1v) is 13.9. The van der Waals surface area contributed by atoms with Gasteiger partial charge in [0.15, 0.2) is 5.75 Å². The smallest absolute Gasteiger partial charge is 0.334 e. The predicted molar refractivity (Wildman–Crippen MR) is 149 cm³/mol. The van der Waals surface area contributed by atoms with E-state index in [2.05, 4.69) is 5.32 Å². The number of ether oxygens (including phenoxy) is 3. The van der Waals surface area contributed by atoms with Crippen molar-refractivity contribution in [3.63, 3.8) is 0 Å². The lowest BCUT2D eigenvalue weighted by Crippen LogP contribution is -2.52. The summed E-state index contributed by atoms with van der Waals surface area (Å²) in [5.41, 5.74) is 1.87. The molecule has 0 saturated carbocycles. The van der Waals surface area contributed by atoms with E-state index in [4.69, 9.17) is 14.2 Å². The van der Waals surface area contributed by atoms with Gasteiger partial charge in [-0.1, -0.05) is 37.6 Å². The van der Waals surface area contributed by atoms with E-state index >= 15 is 0 Å². The molecule has 0 aliphatic carbocycles. The molecule has 40 heavy (non-hydrogen) atoms. The average Bonchev–Trinajstić information content (AvgIpc) is 2.89. The number of carbonyl (C=O) groups excluding carboxylic acids is 3. The third-order valence-corrected chi connectivity index (χ3v) is 7.71. The molecule has 0 aromatic heterocycles. The molecule has 0 radical (unpaired) electrons. The van der Waals surface area contributed by atoms with Crippen LogP contribution < -0.4 is 10.1 Å². The zero-order chi connectivity index (χ0) is 29.2. The molecule has 1 amide bonds. The molecule has 9 nitrogen and oxygen atoms in total. The Morgan fingerprint density at radius 3 is 2.67 bits per heavy atom. The number of hydrogen-bond donors (Lipinski definition) is 3. The maximum Gasteiger partial charge on any atom is 0.334 e. The third-order valence-electron chi connectivity index (χ3n) is 7.71. The number of esters is 1. The number of aliphatic hydroxyl groups is 1. The Morgan fingerprint density at radius 1 is 1.23 bits per heavy atom. The second-order valence-corrected chi connectivity index (χ2v) is 11.2. The van der Waals surface area contributed by atoms with E-state index in [1.54, 1.807) is 26.0 Å². The van der Waals surface area contributed by atoms with Crippen molar-refractivity contribution in [2.24, 2.45) is 11.8 Å². The fourth-order valence-electron chi connectivity index (χ4n) is 5.32. The van der Waals surface area contributed by atoms with Crippen molar-refractivity contribution in [3.05, 3.63) is 53.1 Å². The van der Waals surface area contributed by atoms with Crippen LogP contribution in [-0.2, 0) is 23.9 Å². The van der Waals surface area contributed by atoms with Gasteiger partial charge >= 0.3 is 5.97 Å². The van der Waals surface area contributed by atoms with Gasteiger partial charge in [0.2, 0.25) is 11.7 Å². The first-order valence-electron chi connectivity index (χ1n) is 13.9. The van der Waals surface area contributed by atoms with Gasteiger partial charge in [0.05, 0.1) is 12.1 Å². The van der Waals surface area contributed by atoms with Crippen LogP contribution in [0.3, 0.4) is 0 Å². The number of aliphatic hydroxyl groups excluding tert-OH is 1. The van der Waals surface area contributed by atoms with E-state index < -0.39 is 41.9 Å². The predicted octanol–water partition coefficient (Wildman–Crippen LogP) is 5.04. The van der Waals surface area contributed by atoms with Crippen LogP contribution in [0.15, 0.2) is 47.6 Å². The number of carbonyl (C=O) groups is 3. The molecule has 3 bridgehead atoms. The van der Waals surface area contributed by atoms with Crippen LogP contribution in [0.25, 0.3) is 0 Å². The lowest BCUT2D eigenvalue weighted by Gasteiger charge is -2.48. The molecule has 3 N–H and O–H groups in total. The van der Waals surface area contributed by atoms with Crippen molar-refractivity contribution in [1.82, 2.24) is 0 Å². The van der Waals surface area contributed by atoms with Crippen LogP contribution in [0.4, 0.5) is 5.69 Å². The standard InChI is InChI=1S/C31H39NO8/c1-6-20-8-9-26(24(34)13-17(2)3)38-30(37)18(4)7-10-27(36)32-23-15-21(33)14-22-28-19(5)25(35)16-31(39-28,12-11-20)40-29(22)23/h7-9,13-15,19-20,24,26,28,33-34H,6,10-12,16H2,1-5H3,(H,32,36)/t19-,20-,24-,26-,28-,31-/m0/s1. The number of benzene rings is 1. The van der Waals surface area contributed by atoms with Crippen LogP contribution in [-0.4, -0.2) is 45.9 Å². The minimum atomic E-state index is -1.23. The molecule has 1 spiro atoms. The Hall–Kier alpha value is -3.43. The van der Waals surface area contributed by atoms with Crippen molar-refractivity contribution in [3.8, 4) is 11.5 Å². The molecule has 6 atom stereocenters. The summed E-state index contributed by atoms with van der Waals surface area (Å²) in [5, 5.41) is 24.0. The number of nitrogens with one attached hydrogen (secondary N) is 1. The molecule has 3 aliphatic heterocycles. The average molecular weight is 554 g/mol. The van der Waals surface area contributed by atoms with Gasteiger partial charge in [-0.2, -0.15) is 0 Å². The monoisotopic (exact) mass is 553 g/mol. The molecule has 1 aromatic carbocycles. The minimum Gasteiger partial charge on any atom is -0.508 e. The first kappa shape index (κ1) is 29.6. The summed E-state index contributed by atoms with van der Waals surface area (Å²) in [5.74, 6) is -2.46. The number of allylic oxidation sites excluding steroid dienone is 2. The van der Waals surface area contributed by atoms with E-state index in [0.717, 1.165) is 12.0 Å². The fraction of sp³-hybridized carbons (Fsp3) is 0.516. The van der Waals surface area contributed by atoms with Crippen molar-refractivity contribution in [2.45, 2.75) is 90.8 Å². The second-order valence-electron chi connectivity index (χ2n) is 11.2. The zero-order valence-corrected chi connectivity index (χ0v) is 23.7. The van der Waals surface area contributed by atoms with Crippen LogP contribution in [0.1, 0.15) is 78.4 Å². The molecule has 1 fully saturated rings. The summed E-state index contributed by atoms with van der Waals surface area (Å²) in [6, 6.07) is 2.91. The summed E-state index contributed by atoms with van der Waals surface area (Å²) >= 11 is 0. The normalized spacial score (nSPS) is 29.8. The van der Waals surface area contributed by atoms with Crippen molar-refractivity contribution < 1.29 is 38.8 Å². The van der Waals surface area contributed by atoms with Crippen LogP contribution >= 0.6 is 0 Å². The number of ketones is 1. The highest BCUT2D eigenvalue weighted by molar-refractivity contribution is 5.96. The van der Waals surface area contributed by atoms with E-state index in [1.165, 1.54) is 18.2 Å². The third kappa shape index (κ3) is 6.47. The number of phenols is 1. The number of hydrogen-bond acceptors (Lipinski definition) is 8. The van der Waals surface area contributed by atoms with Gasteiger partial charge in [-0.3, -0.25) is 9.59 Å². The topological polar surface area (TPSA) is 131 Å². The Labute approximate surface area is 234 Å². The molecule has 1 saturated heterocycles. The van der Waals surface area contributed by atoms with Crippen molar-refractivity contribution in [2.75, 3.05) is 5.32 Å². The number of anilines is 1. The largest absolute Gasteiger partial charge is 0.508 e. The number of rotatable bonds is 3. The zero-order valence-electron chi connectivity index (χ0n) is 23.7. The van der Waals surface area contributed by atoms with Crippen molar-refractivity contribution in [1.29, 1.82) is 0 Å². The maximum absolute atomic E-state index is 13.1. The van der Waals surface area contributed by atoms with Gasteiger partial charge in [-0.05, 0) is 51.7 Å². The SMILES string of the molecule is CC[C@H]1C=C[C@@H]([C@@H](O)C=C(C)C)OC(=O)C(C)=CCC(=O)Nc2cc(O)cc3c2O[C@@]2(CC1)CC(=O)[C@H](C)[C@@H]3O2. The van der Waals surface area contributed by atoms with Crippen LogP contribution in [0, 0.1) is 11.8 Å². The van der Waals surface area contributed by atoms with Gasteiger partial charge < -0.3 is 29.7 Å². The first-order chi connectivity index (χ1) is 18.9. The Morgan fingerprint density at radius 2 is 1.98 bits per heavy atom. The molecule has 9 heteroatoms. The van der Waals surface area contributed by atoms with E-state index in [9.17, 15) is 24.6 Å². The number of amides is 1. The number of Topliss-reactive ketones (excluding diaryl/α,β-unsaturated/α-hetero) is 1. The summed E-state index contributed by atoms with van der Waals surface area (Å²) in [7, 11) is 0. The maximum atomic E-state index is 13.1. The molecule has 1 aromatic rings. The molecular formula is C31H39NO8. The van der Waals surface area contributed by atoms with Gasteiger partial charge in [0, 0.05) is 36.0 Å². The highest BCUT2D eigenvalue weighted by atomic mass is 16.7. The summed E-state index contributed by atoms with van der Waals surface area (Å²) in [4.78, 5) is 38.8. The molecule has 4 rings (SSSR count). The molecular weight excluding hydrogens is 514 g/mol. The minimum absolute atomic E-state index is 0.00254. The fourth-order valence-corrected chi connectivity index (χ4v) is 5.32. The molecule has 3 aliphatic rings. The van der Waals surface area contributed by atoms with E-state index in [-0.39, 0.29) is 41.6 Å². The number of phenolic OH excluding ortho intramolecular Hbond substituents is 1. The summed E-state index contributed by atoms with van der Waals surface area (Å²) < 4.78 is 18.5. The number of cyclic esters (lactones) is 1. The number of fused-ring (bicyclic) bond motifs is 2. The quantitative estimate of drug-likeness (QED) is 0.351. The Balaban J connectivity index is 1.76. The summed E-state index contributed by atoms with van der Waals surface area (Å²) in [6.45, 7) is 9.06. The lowest BCUT2D eigenvalue weighted by atomic mass is 9.82. The lowest BCUT2D eigenvalue weighted by molar-refractivity contribution is -0.261. The highest BCUT2D eigenvalue weighted by Gasteiger charge is 2.52.